The summed E-state index contributed by atoms with van der Waals surface area (Å²) in [4.78, 5) is 4.36. The van der Waals surface area contributed by atoms with Crippen molar-refractivity contribution in [3.8, 4) is 0 Å². The average molecular weight is 518 g/mol. The highest BCUT2D eigenvalue weighted by Crippen LogP contribution is 2.38. The Morgan fingerprint density at radius 1 is 1.25 bits per heavy atom. The molecule has 154 valence electrons. The van der Waals surface area contributed by atoms with Crippen molar-refractivity contribution >= 4 is 41.5 Å². The molecule has 2 N–H and O–H groups in total. The number of nitrogens with one attached hydrogen (secondary N) is 2. The van der Waals surface area contributed by atoms with Crippen molar-refractivity contribution in [2.75, 3.05) is 33.4 Å². The van der Waals surface area contributed by atoms with E-state index in [1.807, 2.05) is 29.1 Å². The van der Waals surface area contributed by atoms with Gasteiger partial charge in [0.2, 0.25) is 0 Å². The maximum absolute atomic E-state index is 6.52. The molecule has 0 saturated carbocycles. The molecule has 8 heteroatoms. The van der Waals surface area contributed by atoms with Gasteiger partial charge >= 0.3 is 0 Å². The summed E-state index contributed by atoms with van der Waals surface area (Å²) >= 11 is 6.52. The molecule has 0 amide bonds. The number of aliphatic imine (C=N–C) groups is 1. The van der Waals surface area contributed by atoms with Crippen LogP contribution in [-0.4, -0.2) is 49.1 Å². The van der Waals surface area contributed by atoms with Gasteiger partial charge in [-0.3, -0.25) is 9.67 Å². The molecule has 0 spiro atoms. The molecular formula is C20H29ClIN5O. The van der Waals surface area contributed by atoms with Crippen LogP contribution in [0.25, 0.3) is 0 Å². The van der Waals surface area contributed by atoms with Gasteiger partial charge in [-0.15, -0.1) is 24.0 Å². The number of aromatic nitrogens is 2. The van der Waals surface area contributed by atoms with Gasteiger partial charge in [0, 0.05) is 62.7 Å². The van der Waals surface area contributed by atoms with Gasteiger partial charge in [-0.05, 0) is 37.0 Å². The molecule has 0 unspecified atom stereocenters. The van der Waals surface area contributed by atoms with Crippen LogP contribution in [0.1, 0.15) is 24.8 Å². The van der Waals surface area contributed by atoms with E-state index in [0.717, 1.165) is 63.1 Å². The molecule has 1 aliphatic rings. The first-order valence-corrected chi connectivity index (χ1v) is 9.86. The molecule has 1 aliphatic heterocycles. The monoisotopic (exact) mass is 517 g/mol. The van der Waals surface area contributed by atoms with Crippen molar-refractivity contribution in [2.24, 2.45) is 4.99 Å². The van der Waals surface area contributed by atoms with Gasteiger partial charge in [-0.1, -0.05) is 29.8 Å². The number of halogens is 2. The highest BCUT2D eigenvalue weighted by molar-refractivity contribution is 14.0. The fourth-order valence-electron chi connectivity index (χ4n) is 3.55. The van der Waals surface area contributed by atoms with Crippen molar-refractivity contribution in [2.45, 2.75) is 31.2 Å². The maximum Gasteiger partial charge on any atom is 0.191 e. The lowest BCUT2D eigenvalue weighted by molar-refractivity contribution is 0.0514. The third-order valence-electron chi connectivity index (χ3n) is 5.13. The van der Waals surface area contributed by atoms with Crippen LogP contribution in [0.4, 0.5) is 0 Å². The maximum atomic E-state index is 6.52. The topological polar surface area (TPSA) is 63.5 Å². The molecule has 0 bridgehead atoms. The predicted octanol–water partition coefficient (Wildman–Crippen LogP) is 3.46. The second kappa shape index (κ2) is 11.6. The zero-order valence-corrected chi connectivity index (χ0v) is 19.3. The summed E-state index contributed by atoms with van der Waals surface area (Å²) in [5.74, 6) is 0.813. The molecule has 1 saturated heterocycles. The first-order chi connectivity index (χ1) is 13.2. The second-order valence-corrected chi connectivity index (χ2v) is 7.25. The number of hydrogen-bond donors (Lipinski definition) is 2. The lowest BCUT2D eigenvalue weighted by Gasteiger charge is -2.38. The van der Waals surface area contributed by atoms with E-state index in [4.69, 9.17) is 16.3 Å². The molecule has 1 aromatic heterocycles. The largest absolute Gasteiger partial charge is 0.381 e. The lowest BCUT2D eigenvalue weighted by Crippen LogP contribution is -2.48. The summed E-state index contributed by atoms with van der Waals surface area (Å²) in [6.45, 7) is 4.00. The number of guanidine groups is 1. The zero-order valence-electron chi connectivity index (χ0n) is 16.2. The highest BCUT2D eigenvalue weighted by Gasteiger charge is 2.36. The van der Waals surface area contributed by atoms with Gasteiger partial charge in [0.25, 0.3) is 0 Å². The Hall–Kier alpha value is -1.32. The highest BCUT2D eigenvalue weighted by atomic mass is 127. The molecule has 3 rings (SSSR count). The van der Waals surface area contributed by atoms with Crippen LogP contribution < -0.4 is 10.6 Å². The minimum absolute atomic E-state index is 0. The second-order valence-electron chi connectivity index (χ2n) is 6.85. The normalized spacial score (nSPS) is 16.3. The molecule has 6 nitrogen and oxygen atoms in total. The lowest BCUT2D eigenvalue weighted by atomic mass is 9.74. The van der Waals surface area contributed by atoms with Gasteiger partial charge in [-0.2, -0.15) is 5.10 Å². The Labute approximate surface area is 189 Å². The number of hydrogen-bond acceptors (Lipinski definition) is 3. The van der Waals surface area contributed by atoms with Crippen LogP contribution in [0, 0.1) is 0 Å². The van der Waals surface area contributed by atoms with Gasteiger partial charge in [0.15, 0.2) is 5.96 Å². The van der Waals surface area contributed by atoms with Crippen LogP contribution in [-0.2, 0) is 16.7 Å². The molecule has 2 aromatic rings. The number of ether oxygens (including phenoxy) is 1. The van der Waals surface area contributed by atoms with Crippen LogP contribution in [0.5, 0.6) is 0 Å². The van der Waals surface area contributed by atoms with Crippen molar-refractivity contribution in [1.82, 2.24) is 20.4 Å². The fraction of sp³-hybridized carbons (Fsp3) is 0.500. The van der Waals surface area contributed by atoms with Crippen molar-refractivity contribution in [3.63, 3.8) is 0 Å². The van der Waals surface area contributed by atoms with E-state index < -0.39 is 0 Å². The van der Waals surface area contributed by atoms with E-state index in [1.165, 1.54) is 5.56 Å². The summed E-state index contributed by atoms with van der Waals surface area (Å²) in [5, 5.41) is 11.9. The van der Waals surface area contributed by atoms with Gasteiger partial charge in [0.1, 0.15) is 0 Å². The molecule has 28 heavy (non-hydrogen) atoms. The van der Waals surface area contributed by atoms with Crippen LogP contribution in [0.3, 0.4) is 0 Å². The van der Waals surface area contributed by atoms with E-state index in [0.29, 0.717) is 0 Å². The van der Waals surface area contributed by atoms with Gasteiger partial charge < -0.3 is 15.4 Å². The Kier molecular flexibility index (Phi) is 9.53. The first kappa shape index (κ1) is 23.0. The summed E-state index contributed by atoms with van der Waals surface area (Å²) in [6, 6.07) is 10.1. The number of nitrogens with zero attached hydrogens (tertiary/aromatic N) is 3. The first-order valence-electron chi connectivity index (χ1n) is 9.48. The predicted molar refractivity (Wildman–Crippen MR) is 125 cm³/mol. The fourth-order valence-corrected chi connectivity index (χ4v) is 3.89. The molecular weight excluding hydrogens is 489 g/mol. The minimum Gasteiger partial charge on any atom is -0.381 e. The smallest absolute Gasteiger partial charge is 0.191 e. The number of aryl methyl sites for hydroxylation is 1. The van der Waals surface area contributed by atoms with Crippen molar-refractivity contribution in [1.29, 1.82) is 0 Å². The van der Waals surface area contributed by atoms with Crippen LogP contribution >= 0.6 is 35.6 Å². The molecule has 0 atom stereocenters. The summed E-state index contributed by atoms with van der Waals surface area (Å²) < 4.78 is 7.55. The Balaban J connectivity index is 0.00000280. The quantitative estimate of drug-likeness (QED) is 0.256. The van der Waals surface area contributed by atoms with Crippen LogP contribution in [0.15, 0.2) is 47.7 Å². The van der Waals surface area contributed by atoms with Gasteiger partial charge in [0.05, 0.1) is 0 Å². The van der Waals surface area contributed by atoms with Crippen molar-refractivity contribution < 1.29 is 4.74 Å². The summed E-state index contributed by atoms with van der Waals surface area (Å²) in [7, 11) is 1.80. The van der Waals surface area contributed by atoms with E-state index in [1.54, 1.807) is 13.2 Å². The van der Waals surface area contributed by atoms with E-state index >= 15 is 0 Å². The zero-order chi connectivity index (χ0) is 19.0. The molecule has 2 heterocycles. The van der Waals surface area contributed by atoms with Gasteiger partial charge in [-0.25, -0.2) is 0 Å². The Bertz CT molecular complexity index is 732. The molecule has 1 fully saturated rings. The third-order valence-corrected chi connectivity index (χ3v) is 5.46. The molecule has 0 aliphatic carbocycles. The Morgan fingerprint density at radius 2 is 2.04 bits per heavy atom. The number of benzene rings is 1. The summed E-state index contributed by atoms with van der Waals surface area (Å²) in [5.41, 5.74) is 1.15. The molecule has 0 radical (unpaired) electrons. The average Bonchev–Trinajstić information content (AvgIpc) is 3.22. The molecule has 1 aromatic carbocycles. The standard InChI is InChI=1S/C20H28ClN5O.HI/c1-22-19(23-10-4-12-26-13-5-11-25-26)24-16-20(8-14-27-15-9-20)17-6-2-3-7-18(17)21;/h2-3,5-7,11,13H,4,8-10,12,14-16H2,1H3,(H2,22,23,24);1H. The van der Waals surface area contributed by atoms with E-state index in [9.17, 15) is 0 Å². The van der Waals surface area contributed by atoms with Crippen LogP contribution in [0.2, 0.25) is 5.02 Å². The van der Waals surface area contributed by atoms with Crippen molar-refractivity contribution in [3.05, 3.63) is 53.3 Å². The minimum atomic E-state index is -0.0384. The SMILES string of the molecule is CN=C(NCCCn1cccn1)NCC1(c2ccccc2Cl)CCOCC1.I. The van der Waals surface area contributed by atoms with E-state index in [2.05, 4.69) is 32.9 Å². The summed E-state index contributed by atoms with van der Waals surface area (Å²) in [6.07, 6.45) is 6.65. The number of rotatable bonds is 7. The van der Waals surface area contributed by atoms with E-state index in [-0.39, 0.29) is 29.4 Å². The third kappa shape index (κ3) is 6.09. The Morgan fingerprint density at radius 3 is 2.71 bits per heavy atom.